The zero-order valence-corrected chi connectivity index (χ0v) is 12.0. The third-order valence-electron chi connectivity index (χ3n) is 3.62. The predicted molar refractivity (Wildman–Crippen MR) is 80.5 cm³/mol. The number of aromatic nitrogens is 1. The molecule has 0 aliphatic heterocycles. The molecule has 3 rings (SSSR count). The Bertz CT molecular complexity index is 675. The van der Waals surface area contributed by atoms with Crippen LogP contribution in [0.25, 0.3) is 0 Å². The van der Waals surface area contributed by atoms with Gasteiger partial charge in [0.2, 0.25) is 5.88 Å². The van der Waals surface area contributed by atoms with Crippen molar-refractivity contribution in [2.24, 2.45) is 0 Å². The Balaban J connectivity index is 1.56. The molecule has 114 valence electrons. The van der Waals surface area contributed by atoms with Gasteiger partial charge >= 0.3 is 6.03 Å². The van der Waals surface area contributed by atoms with Crippen molar-refractivity contribution in [3.63, 3.8) is 0 Å². The molecule has 1 aromatic heterocycles. The molecular weight excluding hydrogens is 285 g/mol. The molecule has 1 aliphatic rings. The Labute approximate surface area is 127 Å². The second kappa shape index (κ2) is 6.01. The van der Waals surface area contributed by atoms with Crippen LogP contribution in [0.4, 0.5) is 14.9 Å². The normalized spacial score (nSPS) is 19.4. The van der Waals surface area contributed by atoms with Crippen LogP contribution in [0.15, 0.2) is 42.6 Å². The van der Waals surface area contributed by atoms with E-state index < -0.39 is 0 Å². The number of benzene rings is 1. The number of methoxy groups -OCH3 is 1. The first-order valence-corrected chi connectivity index (χ1v) is 6.99. The molecule has 2 amide bonds. The zero-order chi connectivity index (χ0) is 15.5. The topological polar surface area (TPSA) is 63.2 Å². The zero-order valence-electron chi connectivity index (χ0n) is 12.0. The van der Waals surface area contributed by atoms with Crippen molar-refractivity contribution in [3.8, 4) is 5.88 Å². The van der Waals surface area contributed by atoms with Gasteiger partial charge in [0.05, 0.1) is 7.11 Å². The number of rotatable bonds is 4. The van der Waals surface area contributed by atoms with E-state index in [1.165, 1.54) is 19.2 Å². The van der Waals surface area contributed by atoms with E-state index in [9.17, 15) is 9.18 Å². The number of carbonyl (C=O) groups excluding carboxylic acids is 1. The third-order valence-corrected chi connectivity index (χ3v) is 3.62. The molecule has 0 saturated heterocycles. The van der Waals surface area contributed by atoms with Gasteiger partial charge in [-0.25, -0.2) is 14.2 Å². The van der Waals surface area contributed by atoms with Crippen molar-refractivity contribution in [3.05, 3.63) is 54.0 Å². The van der Waals surface area contributed by atoms with Crippen molar-refractivity contribution in [1.29, 1.82) is 0 Å². The molecule has 1 heterocycles. The molecule has 1 fully saturated rings. The van der Waals surface area contributed by atoms with Gasteiger partial charge in [0.15, 0.2) is 0 Å². The standard InChI is InChI=1S/C16H16FN3O2/c1-22-15-13(3-2-8-18-15)19-16(21)20-14-9-12(14)10-4-6-11(17)7-5-10/h2-8,12,14H,9H2,1H3,(H2,19,20,21)/t12-,14+/m1/s1. The van der Waals surface area contributed by atoms with E-state index in [0.29, 0.717) is 11.6 Å². The van der Waals surface area contributed by atoms with Gasteiger partial charge in [-0.2, -0.15) is 0 Å². The summed E-state index contributed by atoms with van der Waals surface area (Å²) in [5.41, 5.74) is 1.55. The summed E-state index contributed by atoms with van der Waals surface area (Å²) < 4.78 is 18.0. The van der Waals surface area contributed by atoms with Crippen LogP contribution < -0.4 is 15.4 Å². The molecule has 6 heteroatoms. The Morgan fingerprint density at radius 2 is 2.09 bits per heavy atom. The second-order valence-electron chi connectivity index (χ2n) is 5.16. The smallest absolute Gasteiger partial charge is 0.319 e. The largest absolute Gasteiger partial charge is 0.480 e. The van der Waals surface area contributed by atoms with Gasteiger partial charge in [-0.05, 0) is 36.2 Å². The minimum atomic E-state index is -0.305. The second-order valence-corrected chi connectivity index (χ2v) is 5.16. The van der Waals surface area contributed by atoms with Crippen LogP contribution in [0.3, 0.4) is 0 Å². The van der Waals surface area contributed by atoms with Crippen LogP contribution in [0.5, 0.6) is 5.88 Å². The maximum absolute atomic E-state index is 12.9. The highest BCUT2D eigenvalue weighted by Crippen LogP contribution is 2.40. The van der Waals surface area contributed by atoms with E-state index in [1.807, 2.05) is 0 Å². The summed E-state index contributed by atoms with van der Waals surface area (Å²) in [6.45, 7) is 0. The lowest BCUT2D eigenvalue weighted by Crippen LogP contribution is -2.31. The van der Waals surface area contributed by atoms with E-state index in [-0.39, 0.29) is 23.8 Å². The summed E-state index contributed by atoms with van der Waals surface area (Å²) in [5, 5.41) is 5.61. The van der Waals surface area contributed by atoms with Crippen LogP contribution in [-0.2, 0) is 0 Å². The molecular formula is C16H16FN3O2. The van der Waals surface area contributed by atoms with E-state index in [0.717, 1.165) is 12.0 Å². The van der Waals surface area contributed by atoms with Crippen LogP contribution in [0.2, 0.25) is 0 Å². The third kappa shape index (κ3) is 3.16. The quantitative estimate of drug-likeness (QED) is 0.912. The first kappa shape index (κ1) is 14.3. The fraction of sp³-hybridized carbons (Fsp3) is 0.250. The summed E-state index contributed by atoms with van der Waals surface area (Å²) in [7, 11) is 1.50. The maximum atomic E-state index is 12.9. The number of halogens is 1. The highest BCUT2D eigenvalue weighted by atomic mass is 19.1. The lowest BCUT2D eigenvalue weighted by molar-refractivity contribution is 0.251. The first-order chi connectivity index (χ1) is 10.7. The highest BCUT2D eigenvalue weighted by molar-refractivity contribution is 5.91. The SMILES string of the molecule is COc1ncccc1NC(=O)N[C@H]1C[C@@H]1c1ccc(F)cc1. The lowest BCUT2D eigenvalue weighted by Gasteiger charge is -2.10. The number of hydrogen-bond donors (Lipinski definition) is 2. The fourth-order valence-electron chi connectivity index (χ4n) is 2.41. The van der Waals surface area contributed by atoms with Gasteiger partial charge in [0.25, 0.3) is 0 Å². The van der Waals surface area contributed by atoms with Crippen LogP contribution in [-0.4, -0.2) is 24.2 Å². The van der Waals surface area contributed by atoms with Crippen molar-refractivity contribution in [2.45, 2.75) is 18.4 Å². The van der Waals surface area contributed by atoms with Crippen LogP contribution in [0.1, 0.15) is 17.9 Å². The number of carbonyl (C=O) groups is 1. The van der Waals surface area contributed by atoms with Gasteiger partial charge < -0.3 is 15.4 Å². The number of nitrogens with zero attached hydrogens (tertiary/aromatic N) is 1. The van der Waals surface area contributed by atoms with Crippen molar-refractivity contribution in [1.82, 2.24) is 10.3 Å². The molecule has 0 bridgehead atoms. The molecule has 2 atom stereocenters. The summed E-state index contributed by atoms with van der Waals surface area (Å²) in [4.78, 5) is 16.0. The fourth-order valence-corrected chi connectivity index (χ4v) is 2.41. The Hall–Kier alpha value is -2.63. The summed E-state index contributed by atoms with van der Waals surface area (Å²) in [5.74, 6) is 0.348. The van der Waals surface area contributed by atoms with Gasteiger partial charge in [-0.3, -0.25) is 0 Å². The summed E-state index contributed by atoms with van der Waals surface area (Å²) >= 11 is 0. The van der Waals surface area contributed by atoms with Gasteiger partial charge in [-0.15, -0.1) is 0 Å². The number of hydrogen-bond acceptors (Lipinski definition) is 3. The van der Waals surface area contributed by atoms with E-state index >= 15 is 0 Å². The molecule has 0 radical (unpaired) electrons. The highest BCUT2D eigenvalue weighted by Gasteiger charge is 2.39. The van der Waals surface area contributed by atoms with Crippen LogP contribution in [0, 0.1) is 5.82 Å². The average Bonchev–Trinajstić information content (AvgIpc) is 3.27. The number of anilines is 1. The molecule has 1 aromatic carbocycles. The molecule has 2 N–H and O–H groups in total. The monoisotopic (exact) mass is 301 g/mol. The summed E-state index contributed by atoms with van der Waals surface area (Å²) in [6, 6.07) is 9.57. The van der Waals surface area contributed by atoms with Crippen LogP contribution >= 0.6 is 0 Å². The van der Waals surface area contributed by atoms with Gasteiger partial charge in [0.1, 0.15) is 11.5 Å². The van der Waals surface area contributed by atoms with Crippen molar-refractivity contribution < 1.29 is 13.9 Å². The van der Waals surface area contributed by atoms with Gasteiger partial charge in [0, 0.05) is 18.2 Å². The summed E-state index contributed by atoms with van der Waals surface area (Å²) in [6.07, 6.45) is 2.44. The number of pyridine rings is 1. The Morgan fingerprint density at radius 1 is 1.32 bits per heavy atom. The van der Waals surface area contributed by atoms with E-state index in [4.69, 9.17) is 4.74 Å². The molecule has 2 aromatic rings. The molecule has 1 saturated carbocycles. The Kier molecular flexibility index (Phi) is 3.91. The minimum Gasteiger partial charge on any atom is -0.480 e. The molecule has 0 spiro atoms. The van der Waals surface area contributed by atoms with E-state index in [2.05, 4.69) is 15.6 Å². The Morgan fingerprint density at radius 3 is 2.82 bits per heavy atom. The number of ether oxygens (including phenoxy) is 1. The van der Waals surface area contributed by atoms with Gasteiger partial charge in [-0.1, -0.05) is 12.1 Å². The van der Waals surface area contributed by atoms with Crippen molar-refractivity contribution in [2.75, 3.05) is 12.4 Å². The molecule has 5 nitrogen and oxygen atoms in total. The van der Waals surface area contributed by atoms with E-state index in [1.54, 1.807) is 30.5 Å². The molecule has 22 heavy (non-hydrogen) atoms. The number of urea groups is 1. The minimum absolute atomic E-state index is 0.0631. The molecule has 0 unspecified atom stereocenters. The number of nitrogens with one attached hydrogen (secondary N) is 2. The molecule has 1 aliphatic carbocycles. The maximum Gasteiger partial charge on any atom is 0.319 e. The number of amides is 2. The van der Waals surface area contributed by atoms with Crippen molar-refractivity contribution >= 4 is 11.7 Å². The average molecular weight is 301 g/mol. The predicted octanol–water partition coefficient (Wildman–Crippen LogP) is 2.91. The lowest BCUT2D eigenvalue weighted by atomic mass is 10.1. The first-order valence-electron chi connectivity index (χ1n) is 6.99.